The second-order valence-electron chi connectivity index (χ2n) is 0. The second-order valence-corrected chi connectivity index (χ2v) is 0. The molecule has 0 fully saturated rings. The summed E-state index contributed by atoms with van der Waals surface area (Å²) in [6.45, 7) is 0. The van der Waals surface area contributed by atoms with Crippen LogP contribution in [0, 0.1) is 14.6 Å². The van der Waals surface area contributed by atoms with Crippen molar-refractivity contribution in [3.8, 4) is 0 Å². The van der Waals surface area contributed by atoms with E-state index in [-0.39, 0.29) is 29.8 Å². The van der Waals surface area contributed by atoms with Crippen LogP contribution in [0.4, 0.5) is 4.39 Å². The molecule has 0 saturated carbocycles. The van der Waals surface area contributed by atoms with Crippen LogP contribution in [0.5, 0.6) is 0 Å². The predicted molar refractivity (Wildman–Crippen MR) is 12.9 cm³/mol. The largest absolute Gasteiger partial charge is 0.463 e. The van der Waals surface area contributed by atoms with Crippen molar-refractivity contribution < 1.29 is 26.8 Å². The molecule has 0 atom stereocenters. The van der Waals surface area contributed by atoms with E-state index < -0.39 is 0 Å². The van der Waals surface area contributed by atoms with Crippen molar-refractivity contribution in [2.75, 3.05) is 0 Å². The summed E-state index contributed by atoms with van der Waals surface area (Å²) in [6.07, 6.45) is 0. The molecule has 33 valence electrons. The Kier molecular flexibility index (Phi) is 328. The molecular formula is C2H5AgF-2. The van der Waals surface area contributed by atoms with E-state index in [9.17, 15) is 4.39 Å². The van der Waals surface area contributed by atoms with E-state index >= 15 is 0 Å². The first kappa shape index (κ1) is 22.6. The molecular weight excluding hydrogens is 151 g/mol. The van der Waals surface area contributed by atoms with Crippen LogP contribution >= 0.6 is 0 Å². The van der Waals surface area contributed by atoms with Crippen LogP contribution in [0.2, 0.25) is 0 Å². The van der Waals surface area contributed by atoms with Crippen molar-refractivity contribution in [1.82, 2.24) is 0 Å². The van der Waals surface area contributed by atoms with Crippen LogP contribution in [0.3, 0.4) is 0 Å². The predicted octanol–water partition coefficient (Wildman–Crippen LogP) is 1.20. The fourth-order valence-electron chi connectivity index (χ4n) is 0. The van der Waals surface area contributed by atoms with E-state index in [0.29, 0.717) is 0 Å². The molecule has 0 aliphatic heterocycles. The Labute approximate surface area is 41.9 Å². The third-order valence-electron chi connectivity index (χ3n) is 0. The van der Waals surface area contributed by atoms with Crippen LogP contribution in [0.25, 0.3) is 0 Å². The second kappa shape index (κ2) is 58.3. The van der Waals surface area contributed by atoms with Gasteiger partial charge in [-0.2, -0.15) is 7.18 Å². The topological polar surface area (TPSA) is 0 Å². The van der Waals surface area contributed by atoms with Gasteiger partial charge < -0.3 is 11.8 Å². The fraction of sp³-hybridized carbons (Fsp3) is 0. The molecule has 0 N–H and O–H groups in total. The summed E-state index contributed by atoms with van der Waals surface area (Å²) in [5.74, 6) is 0. The van der Waals surface area contributed by atoms with Gasteiger partial charge in [-0.25, -0.2) is 0 Å². The fourth-order valence-corrected chi connectivity index (χ4v) is 0. The van der Waals surface area contributed by atoms with Gasteiger partial charge in [-0.3, -0.25) is 0 Å². The number of rotatable bonds is 0. The molecule has 0 aromatic rings. The monoisotopic (exact) mass is 155 g/mol. The summed E-state index contributed by atoms with van der Waals surface area (Å²) < 4.78 is 9.25. The molecule has 2 heteroatoms. The molecule has 0 unspecified atom stereocenters. The molecule has 0 saturated heterocycles. The molecule has 1 radical (unpaired) electrons. The maximum atomic E-state index is 9.25. The normalized spacial score (nSPS) is 1.50. The molecule has 0 amide bonds. The van der Waals surface area contributed by atoms with Crippen molar-refractivity contribution >= 4 is 0 Å². The average Bonchev–Trinajstić information content (AvgIpc) is 1.00. The molecule has 0 aliphatic rings. The Morgan fingerprint density at radius 2 is 1.25 bits per heavy atom. The van der Waals surface area contributed by atoms with Crippen LogP contribution < -0.4 is 0 Å². The van der Waals surface area contributed by atoms with Crippen molar-refractivity contribution in [3.05, 3.63) is 14.6 Å². The van der Waals surface area contributed by atoms with Crippen molar-refractivity contribution in [1.29, 1.82) is 0 Å². The zero-order valence-electron chi connectivity index (χ0n) is 2.39. The third kappa shape index (κ3) is 16.6. The van der Waals surface area contributed by atoms with Crippen LogP contribution in [-0.4, -0.2) is 0 Å². The minimum Gasteiger partial charge on any atom is -0.463 e. The Morgan fingerprint density at radius 3 is 1.25 bits per heavy atom. The molecule has 4 heavy (non-hydrogen) atoms. The molecule has 0 heterocycles. The third-order valence-corrected chi connectivity index (χ3v) is 0. The van der Waals surface area contributed by atoms with E-state index in [1.165, 1.54) is 0 Å². The SMILES string of the molecule is [Ag].[CH2-]F.[CH3-]. The van der Waals surface area contributed by atoms with Gasteiger partial charge in [0.15, 0.2) is 0 Å². The van der Waals surface area contributed by atoms with E-state index in [2.05, 4.69) is 0 Å². The quantitative estimate of drug-likeness (QED) is 0.365. The molecule has 0 rings (SSSR count). The van der Waals surface area contributed by atoms with E-state index in [4.69, 9.17) is 0 Å². The number of hydrogen-bond donors (Lipinski definition) is 0. The molecule has 0 aromatic carbocycles. The summed E-state index contributed by atoms with van der Waals surface area (Å²) in [7, 11) is 1.75. The van der Waals surface area contributed by atoms with Gasteiger partial charge in [0.1, 0.15) is 0 Å². The summed E-state index contributed by atoms with van der Waals surface area (Å²) in [5, 5.41) is 0. The number of hydrogen-bond acceptors (Lipinski definition) is 0. The summed E-state index contributed by atoms with van der Waals surface area (Å²) in [4.78, 5) is 0. The first-order chi connectivity index (χ1) is 1.00. The van der Waals surface area contributed by atoms with Gasteiger partial charge in [-0.1, -0.05) is 0 Å². The zero-order valence-corrected chi connectivity index (χ0v) is 3.87. The van der Waals surface area contributed by atoms with Crippen molar-refractivity contribution in [2.24, 2.45) is 0 Å². The van der Waals surface area contributed by atoms with Gasteiger partial charge in [0.2, 0.25) is 0 Å². The van der Waals surface area contributed by atoms with E-state index in [1.54, 1.807) is 7.18 Å². The number of halogens is 1. The average molecular weight is 156 g/mol. The molecule has 0 spiro atoms. The van der Waals surface area contributed by atoms with Crippen LogP contribution in [0.15, 0.2) is 0 Å². The Balaban J connectivity index is -0.00000000500. The Morgan fingerprint density at radius 1 is 1.25 bits per heavy atom. The maximum Gasteiger partial charge on any atom is 0 e. The van der Waals surface area contributed by atoms with Crippen molar-refractivity contribution in [2.45, 2.75) is 0 Å². The van der Waals surface area contributed by atoms with Gasteiger partial charge in [0.25, 0.3) is 0 Å². The van der Waals surface area contributed by atoms with Crippen molar-refractivity contribution in [3.63, 3.8) is 0 Å². The summed E-state index contributed by atoms with van der Waals surface area (Å²) in [6, 6.07) is 0. The van der Waals surface area contributed by atoms with Gasteiger partial charge in [-0.15, -0.1) is 0 Å². The Bertz CT molecular complexity index is 6.00. The molecule has 0 nitrogen and oxygen atoms in total. The zero-order chi connectivity index (χ0) is 2.00. The standard InChI is InChI=1S/CH2F.CH3.Ag/c1-2;;/h1H2;1H3;/q2*-1;. The maximum absolute atomic E-state index is 9.25. The Hall–Kier alpha value is 0.670. The summed E-state index contributed by atoms with van der Waals surface area (Å²) >= 11 is 0. The van der Waals surface area contributed by atoms with Gasteiger partial charge >= 0.3 is 0 Å². The molecule has 0 aliphatic carbocycles. The first-order valence-electron chi connectivity index (χ1n) is 0.267. The molecule has 0 aromatic heterocycles. The minimum atomic E-state index is 0. The van der Waals surface area contributed by atoms with Crippen LogP contribution in [0.1, 0.15) is 0 Å². The van der Waals surface area contributed by atoms with Gasteiger partial charge in [0.05, 0.1) is 0 Å². The van der Waals surface area contributed by atoms with Gasteiger partial charge in [-0.05, 0) is 0 Å². The van der Waals surface area contributed by atoms with Gasteiger partial charge in [0, 0.05) is 22.4 Å². The summed E-state index contributed by atoms with van der Waals surface area (Å²) in [5.41, 5.74) is 0. The van der Waals surface area contributed by atoms with Crippen LogP contribution in [-0.2, 0) is 22.4 Å². The first-order valence-corrected chi connectivity index (χ1v) is 0.267. The smallest absolute Gasteiger partial charge is 0 e. The minimum absolute atomic E-state index is 0. The molecule has 0 bridgehead atoms. The van der Waals surface area contributed by atoms with E-state index in [0.717, 1.165) is 0 Å². The van der Waals surface area contributed by atoms with E-state index in [1.807, 2.05) is 0 Å².